The van der Waals surface area contributed by atoms with Crippen molar-refractivity contribution >= 4 is 27.5 Å². The largest absolute Gasteiger partial charge is 0.573 e. The fourth-order valence-electron chi connectivity index (χ4n) is 2.52. The van der Waals surface area contributed by atoms with Crippen molar-refractivity contribution < 1.29 is 35.9 Å². The maximum atomic E-state index is 12.5. The number of carbonyl (C=O) groups is 2. The highest BCUT2D eigenvalue weighted by Crippen LogP contribution is 2.31. The summed E-state index contributed by atoms with van der Waals surface area (Å²) < 4.78 is 68.3. The number of imide groups is 1. The SMILES string of the molecule is CN1C(=O)c2ccc(NS(=O)(=O)c3ccccc3OC(F)(F)F)cc2C1=O. The van der Waals surface area contributed by atoms with E-state index in [2.05, 4.69) is 9.46 Å². The van der Waals surface area contributed by atoms with E-state index in [1.165, 1.54) is 31.3 Å². The number of fused-ring (bicyclic) bond motifs is 1. The van der Waals surface area contributed by atoms with Gasteiger partial charge < -0.3 is 4.74 Å². The van der Waals surface area contributed by atoms with Gasteiger partial charge in [0.1, 0.15) is 10.6 Å². The molecule has 1 aliphatic heterocycles. The zero-order chi connectivity index (χ0) is 20.0. The summed E-state index contributed by atoms with van der Waals surface area (Å²) in [6.07, 6.45) is -5.07. The Morgan fingerprint density at radius 1 is 1.00 bits per heavy atom. The number of alkyl halides is 3. The Labute approximate surface area is 151 Å². The molecule has 1 aliphatic rings. The van der Waals surface area contributed by atoms with E-state index in [1.54, 1.807) is 0 Å². The molecule has 0 radical (unpaired) electrons. The first-order valence-electron chi connectivity index (χ1n) is 7.33. The Morgan fingerprint density at radius 2 is 1.63 bits per heavy atom. The van der Waals surface area contributed by atoms with Crippen molar-refractivity contribution in [3.8, 4) is 5.75 Å². The van der Waals surface area contributed by atoms with Crippen molar-refractivity contribution in [2.24, 2.45) is 0 Å². The molecule has 3 rings (SSSR count). The van der Waals surface area contributed by atoms with Crippen LogP contribution in [0.5, 0.6) is 5.75 Å². The molecule has 2 amide bonds. The molecule has 0 atom stereocenters. The minimum atomic E-state index is -5.07. The summed E-state index contributed by atoms with van der Waals surface area (Å²) in [6.45, 7) is 0. The standard InChI is InChI=1S/C16H11F3N2O5S/c1-21-14(22)10-7-6-9(8-11(10)15(21)23)20-27(24,25)13-5-3-2-4-12(13)26-16(17,18)19/h2-8,20H,1H3. The van der Waals surface area contributed by atoms with Crippen LogP contribution in [0.15, 0.2) is 47.4 Å². The first kappa shape index (κ1) is 18.7. The number of ether oxygens (including phenoxy) is 1. The summed E-state index contributed by atoms with van der Waals surface area (Å²) in [5, 5.41) is 0. The summed E-state index contributed by atoms with van der Waals surface area (Å²) in [7, 11) is -3.19. The molecule has 11 heteroatoms. The Morgan fingerprint density at radius 3 is 2.30 bits per heavy atom. The number of nitrogens with zero attached hydrogens (tertiary/aromatic N) is 1. The molecule has 1 heterocycles. The number of carbonyl (C=O) groups excluding carboxylic acids is 2. The van der Waals surface area contributed by atoms with Gasteiger partial charge in [0.15, 0.2) is 0 Å². The fraction of sp³-hybridized carbons (Fsp3) is 0.125. The summed E-state index contributed by atoms with van der Waals surface area (Å²) in [4.78, 5) is 24.0. The van der Waals surface area contributed by atoms with Crippen LogP contribution in [0.3, 0.4) is 0 Å². The quantitative estimate of drug-likeness (QED) is 0.797. The number of halogens is 3. The summed E-state index contributed by atoms with van der Waals surface area (Å²) in [5.74, 6) is -2.05. The average Bonchev–Trinajstić information content (AvgIpc) is 2.78. The smallest absolute Gasteiger partial charge is 0.404 e. The van der Waals surface area contributed by atoms with Gasteiger partial charge in [0.25, 0.3) is 21.8 Å². The molecule has 0 spiro atoms. The normalized spacial score (nSPS) is 14.3. The summed E-state index contributed by atoms with van der Waals surface area (Å²) >= 11 is 0. The third-order valence-corrected chi connectivity index (χ3v) is 5.13. The van der Waals surface area contributed by atoms with E-state index >= 15 is 0 Å². The molecular weight excluding hydrogens is 389 g/mol. The van der Waals surface area contributed by atoms with Gasteiger partial charge in [-0.15, -0.1) is 13.2 Å². The van der Waals surface area contributed by atoms with E-state index in [0.717, 1.165) is 23.1 Å². The molecule has 0 saturated carbocycles. The van der Waals surface area contributed by atoms with E-state index in [4.69, 9.17) is 0 Å². The van der Waals surface area contributed by atoms with Gasteiger partial charge in [-0.3, -0.25) is 19.2 Å². The highest BCUT2D eigenvalue weighted by molar-refractivity contribution is 7.92. The Kier molecular flexibility index (Phi) is 4.34. The van der Waals surface area contributed by atoms with E-state index in [1.807, 2.05) is 0 Å². The van der Waals surface area contributed by atoms with Crippen LogP contribution in [0.1, 0.15) is 20.7 Å². The maximum absolute atomic E-state index is 12.5. The molecule has 0 bridgehead atoms. The zero-order valence-electron chi connectivity index (χ0n) is 13.6. The predicted octanol–water partition coefficient (Wildman–Crippen LogP) is 2.61. The zero-order valence-corrected chi connectivity index (χ0v) is 14.4. The van der Waals surface area contributed by atoms with Crippen molar-refractivity contribution in [1.82, 2.24) is 4.90 Å². The summed E-state index contributed by atoms with van der Waals surface area (Å²) in [6, 6.07) is 7.86. The van der Waals surface area contributed by atoms with Gasteiger partial charge in [-0.1, -0.05) is 12.1 Å². The lowest BCUT2D eigenvalue weighted by molar-refractivity contribution is -0.275. The van der Waals surface area contributed by atoms with Crippen LogP contribution >= 0.6 is 0 Å². The number of amides is 2. The summed E-state index contributed by atoms with van der Waals surface area (Å²) in [5.41, 5.74) is 0.000733. The second-order valence-electron chi connectivity index (χ2n) is 5.53. The lowest BCUT2D eigenvalue weighted by atomic mass is 10.1. The molecule has 2 aromatic rings. The van der Waals surface area contributed by atoms with Crippen LogP contribution in [0, 0.1) is 0 Å². The lowest BCUT2D eigenvalue weighted by Gasteiger charge is -2.14. The molecule has 1 N–H and O–H groups in total. The minimum absolute atomic E-state index is 0.0115. The first-order valence-corrected chi connectivity index (χ1v) is 8.82. The average molecular weight is 400 g/mol. The highest BCUT2D eigenvalue weighted by Gasteiger charge is 2.35. The van der Waals surface area contributed by atoms with Crippen LogP contribution < -0.4 is 9.46 Å². The fourth-order valence-corrected chi connectivity index (χ4v) is 3.70. The number of hydrogen-bond donors (Lipinski definition) is 1. The molecule has 27 heavy (non-hydrogen) atoms. The molecule has 0 aromatic heterocycles. The highest BCUT2D eigenvalue weighted by atomic mass is 32.2. The van der Waals surface area contributed by atoms with Crippen molar-refractivity contribution in [3.05, 3.63) is 53.6 Å². The number of para-hydroxylation sites is 1. The van der Waals surface area contributed by atoms with Crippen molar-refractivity contribution in [1.29, 1.82) is 0 Å². The third kappa shape index (κ3) is 3.58. The van der Waals surface area contributed by atoms with Gasteiger partial charge in [-0.25, -0.2) is 8.42 Å². The van der Waals surface area contributed by atoms with E-state index in [-0.39, 0.29) is 16.8 Å². The molecule has 2 aromatic carbocycles. The Balaban J connectivity index is 1.96. The lowest BCUT2D eigenvalue weighted by Crippen LogP contribution is -2.24. The maximum Gasteiger partial charge on any atom is 0.573 e. The van der Waals surface area contributed by atoms with Crippen LogP contribution in [0.25, 0.3) is 0 Å². The number of rotatable bonds is 4. The Hall–Kier alpha value is -3.08. The van der Waals surface area contributed by atoms with Gasteiger partial charge in [-0.2, -0.15) is 0 Å². The van der Waals surface area contributed by atoms with Crippen LogP contribution in [-0.2, 0) is 10.0 Å². The molecule has 0 fully saturated rings. The first-order chi connectivity index (χ1) is 12.5. The number of nitrogens with one attached hydrogen (secondary N) is 1. The number of hydrogen-bond acceptors (Lipinski definition) is 5. The van der Waals surface area contributed by atoms with Gasteiger partial charge in [0, 0.05) is 12.7 Å². The molecule has 0 unspecified atom stereocenters. The number of benzene rings is 2. The van der Waals surface area contributed by atoms with E-state index in [0.29, 0.717) is 0 Å². The number of sulfonamides is 1. The monoisotopic (exact) mass is 400 g/mol. The topological polar surface area (TPSA) is 92.8 Å². The molecule has 142 valence electrons. The molecular formula is C16H11F3N2O5S. The van der Waals surface area contributed by atoms with Crippen LogP contribution in [-0.4, -0.2) is 38.5 Å². The van der Waals surface area contributed by atoms with Crippen molar-refractivity contribution in [3.63, 3.8) is 0 Å². The predicted molar refractivity (Wildman–Crippen MR) is 86.8 cm³/mol. The second-order valence-corrected chi connectivity index (χ2v) is 7.18. The molecule has 0 aliphatic carbocycles. The Bertz CT molecular complexity index is 1050. The third-order valence-electron chi connectivity index (χ3n) is 3.71. The van der Waals surface area contributed by atoms with Crippen LogP contribution in [0.4, 0.5) is 18.9 Å². The van der Waals surface area contributed by atoms with Crippen molar-refractivity contribution in [2.75, 3.05) is 11.8 Å². The van der Waals surface area contributed by atoms with Gasteiger partial charge >= 0.3 is 6.36 Å². The van der Waals surface area contributed by atoms with Gasteiger partial charge in [0.05, 0.1) is 11.1 Å². The number of anilines is 1. The second kappa shape index (κ2) is 6.27. The van der Waals surface area contributed by atoms with Crippen LogP contribution in [0.2, 0.25) is 0 Å². The van der Waals surface area contributed by atoms with Gasteiger partial charge in [0.2, 0.25) is 0 Å². The van der Waals surface area contributed by atoms with Crippen molar-refractivity contribution in [2.45, 2.75) is 11.3 Å². The van der Waals surface area contributed by atoms with E-state index in [9.17, 15) is 31.2 Å². The molecule has 7 nitrogen and oxygen atoms in total. The van der Waals surface area contributed by atoms with E-state index < -0.39 is 38.8 Å². The molecule has 0 saturated heterocycles. The van der Waals surface area contributed by atoms with Gasteiger partial charge in [-0.05, 0) is 30.3 Å². The minimum Gasteiger partial charge on any atom is -0.404 e.